The summed E-state index contributed by atoms with van der Waals surface area (Å²) >= 11 is 5.29. The summed E-state index contributed by atoms with van der Waals surface area (Å²) in [7, 11) is 0. The van der Waals surface area contributed by atoms with E-state index in [9.17, 15) is 4.79 Å². The van der Waals surface area contributed by atoms with Crippen molar-refractivity contribution in [2.75, 3.05) is 36.5 Å². The summed E-state index contributed by atoms with van der Waals surface area (Å²) in [5, 5.41) is 3.90. The smallest absolute Gasteiger partial charge is 0.226 e. The van der Waals surface area contributed by atoms with Gasteiger partial charge in [0, 0.05) is 29.9 Å². The molecule has 2 aliphatic heterocycles. The van der Waals surface area contributed by atoms with Crippen LogP contribution in [-0.4, -0.2) is 37.2 Å². The Morgan fingerprint density at radius 3 is 2.87 bits per heavy atom. The Labute approximate surface area is 146 Å². The lowest BCUT2D eigenvalue weighted by molar-refractivity contribution is -0.116. The van der Waals surface area contributed by atoms with Gasteiger partial charge in [-0.3, -0.25) is 4.79 Å². The molecule has 1 aromatic carbocycles. The molecule has 1 fully saturated rings. The van der Waals surface area contributed by atoms with E-state index < -0.39 is 0 Å². The highest BCUT2D eigenvalue weighted by atomic mass is 79.9. The molecular weight excluding hydrogens is 378 g/mol. The number of nitrogens with one attached hydrogen (secondary N) is 1. The van der Waals surface area contributed by atoms with Crippen LogP contribution in [0.1, 0.15) is 22.8 Å². The fourth-order valence-electron chi connectivity index (χ4n) is 3.01. The van der Waals surface area contributed by atoms with E-state index in [1.54, 1.807) is 11.3 Å². The van der Waals surface area contributed by atoms with Crippen LogP contribution in [0, 0.1) is 0 Å². The standard InChI is InChI=1S/C16H16BrN3O2S/c17-12-4-2-1-3-10(12)11-9-13(21)18-15-14(11)23-16(19-15)20-5-7-22-8-6-20/h1-4,11H,5-9H2,(H,18,21)/t11-/m1/s1. The number of benzene rings is 1. The van der Waals surface area contributed by atoms with E-state index in [0.717, 1.165) is 46.3 Å². The molecule has 1 atom stereocenters. The second-order valence-electron chi connectivity index (χ2n) is 5.64. The Morgan fingerprint density at radius 1 is 1.30 bits per heavy atom. The van der Waals surface area contributed by atoms with Gasteiger partial charge in [0.25, 0.3) is 0 Å². The van der Waals surface area contributed by atoms with Gasteiger partial charge in [-0.15, -0.1) is 0 Å². The Morgan fingerprint density at radius 2 is 2.09 bits per heavy atom. The summed E-state index contributed by atoms with van der Waals surface area (Å²) in [5.74, 6) is 0.798. The monoisotopic (exact) mass is 393 g/mol. The Balaban J connectivity index is 1.73. The number of halogens is 1. The molecule has 5 nitrogen and oxygen atoms in total. The van der Waals surface area contributed by atoms with Crippen LogP contribution in [0.25, 0.3) is 0 Å². The maximum atomic E-state index is 12.1. The number of anilines is 2. The molecule has 3 heterocycles. The van der Waals surface area contributed by atoms with Crippen molar-refractivity contribution in [3.63, 3.8) is 0 Å². The fraction of sp³-hybridized carbons (Fsp3) is 0.375. The van der Waals surface area contributed by atoms with Crippen LogP contribution in [0.15, 0.2) is 28.7 Å². The first-order valence-electron chi connectivity index (χ1n) is 7.60. The lowest BCUT2D eigenvalue weighted by atomic mass is 9.92. The maximum absolute atomic E-state index is 12.1. The minimum absolute atomic E-state index is 0.0251. The van der Waals surface area contributed by atoms with E-state index >= 15 is 0 Å². The Hall–Kier alpha value is -1.44. The number of fused-ring (bicyclic) bond motifs is 1. The molecule has 2 aliphatic rings. The molecule has 0 unspecified atom stereocenters. The first-order valence-corrected chi connectivity index (χ1v) is 9.21. The number of morpholine rings is 1. The van der Waals surface area contributed by atoms with Gasteiger partial charge >= 0.3 is 0 Å². The molecule has 1 amide bonds. The maximum Gasteiger partial charge on any atom is 0.226 e. The van der Waals surface area contributed by atoms with Gasteiger partial charge in [-0.25, -0.2) is 4.98 Å². The quantitative estimate of drug-likeness (QED) is 0.850. The third-order valence-electron chi connectivity index (χ3n) is 4.17. The van der Waals surface area contributed by atoms with Gasteiger partial charge in [-0.05, 0) is 11.6 Å². The van der Waals surface area contributed by atoms with Crippen LogP contribution in [0.3, 0.4) is 0 Å². The normalized spacial score (nSPS) is 21.0. The lowest BCUT2D eigenvalue weighted by Gasteiger charge is -2.26. The Bertz CT molecular complexity index is 743. The summed E-state index contributed by atoms with van der Waals surface area (Å²) in [4.78, 5) is 20.2. The van der Waals surface area contributed by atoms with Crippen LogP contribution in [-0.2, 0) is 9.53 Å². The highest BCUT2D eigenvalue weighted by molar-refractivity contribution is 9.10. The first kappa shape index (κ1) is 15.1. The number of rotatable bonds is 2. The van der Waals surface area contributed by atoms with Crippen molar-refractivity contribution in [2.45, 2.75) is 12.3 Å². The average molecular weight is 394 g/mol. The molecule has 0 bridgehead atoms. The predicted octanol–water partition coefficient (Wildman–Crippen LogP) is 3.22. The number of carbonyl (C=O) groups excluding carboxylic acids is 1. The predicted molar refractivity (Wildman–Crippen MR) is 94.4 cm³/mol. The number of hydrogen-bond donors (Lipinski definition) is 1. The van der Waals surface area contributed by atoms with Gasteiger partial charge in [0.05, 0.1) is 18.1 Å². The molecule has 2 aromatic rings. The topological polar surface area (TPSA) is 54.5 Å². The van der Waals surface area contributed by atoms with Crippen molar-refractivity contribution in [3.05, 3.63) is 39.2 Å². The van der Waals surface area contributed by atoms with Crippen LogP contribution >= 0.6 is 27.3 Å². The number of nitrogens with zero attached hydrogens (tertiary/aromatic N) is 2. The molecule has 4 rings (SSSR count). The minimum Gasteiger partial charge on any atom is -0.378 e. The molecule has 1 saturated heterocycles. The summed E-state index contributed by atoms with van der Waals surface area (Å²) in [6.45, 7) is 3.15. The van der Waals surface area contributed by atoms with Gasteiger partial charge < -0.3 is 15.0 Å². The van der Waals surface area contributed by atoms with Crippen molar-refractivity contribution in [1.82, 2.24) is 4.98 Å². The van der Waals surface area contributed by atoms with E-state index in [4.69, 9.17) is 4.74 Å². The van der Waals surface area contributed by atoms with E-state index in [2.05, 4.69) is 37.2 Å². The fourth-order valence-corrected chi connectivity index (χ4v) is 4.76. The van der Waals surface area contributed by atoms with E-state index in [-0.39, 0.29) is 11.8 Å². The van der Waals surface area contributed by atoms with E-state index in [0.29, 0.717) is 12.2 Å². The molecule has 23 heavy (non-hydrogen) atoms. The van der Waals surface area contributed by atoms with Crippen molar-refractivity contribution < 1.29 is 9.53 Å². The molecule has 7 heteroatoms. The zero-order chi connectivity index (χ0) is 15.8. The van der Waals surface area contributed by atoms with Crippen LogP contribution in [0.5, 0.6) is 0 Å². The first-order chi connectivity index (χ1) is 11.2. The largest absolute Gasteiger partial charge is 0.378 e. The van der Waals surface area contributed by atoms with Crippen LogP contribution in [0.2, 0.25) is 0 Å². The molecule has 0 saturated carbocycles. The van der Waals surface area contributed by atoms with Gasteiger partial charge in [0.15, 0.2) is 5.13 Å². The van der Waals surface area contributed by atoms with Crippen molar-refractivity contribution in [3.8, 4) is 0 Å². The highest BCUT2D eigenvalue weighted by Crippen LogP contribution is 2.44. The van der Waals surface area contributed by atoms with Gasteiger partial charge in [-0.2, -0.15) is 0 Å². The van der Waals surface area contributed by atoms with Crippen molar-refractivity contribution in [2.24, 2.45) is 0 Å². The number of amides is 1. The van der Waals surface area contributed by atoms with E-state index in [1.807, 2.05) is 18.2 Å². The minimum atomic E-state index is 0.0251. The van der Waals surface area contributed by atoms with Gasteiger partial charge in [0.1, 0.15) is 5.82 Å². The zero-order valence-corrected chi connectivity index (χ0v) is 14.8. The SMILES string of the molecule is O=C1C[C@H](c2ccccc2Br)c2sc(N3CCOCC3)nc2N1. The molecule has 0 radical (unpaired) electrons. The van der Waals surface area contributed by atoms with Crippen molar-refractivity contribution >= 4 is 44.1 Å². The molecule has 0 spiro atoms. The molecular formula is C16H16BrN3O2S. The second kappa shape index (κ2) is 6.22. The zero-order valence-electron chi connectivity index (χ0n) is 12.4. The third kappa shape index (κ3) is 2.88. The van der Waals surface area contributed by atoms with Crippen LogP contribution in [0.4, 0.5) is 10.9 Å². The van der Waals surface area contributed by atoms with Gasteiger partial charge in [0.2, 0.25) is 5.91 Å². The lowest BCUT2D eigenvalue weighted by Crippen LogP contribution is -2.36. The second-order valence-corrected chi connectivity index (χ2v) is 7.50. The van der Waals surface area contributed by atoms with Crippen LogP contribution < -0.4 is 10.2 Å². The van der Waals surface area contributed by atoms with E-state index in [1.165, 1.54) is 0 Å². The molecule has 0 aliphatic carbocycles. The summed E-state index contributed by atoms with van der Waals surface area (Å²) in [6.07, 6.45) is 0.459. The summed E-state index contributed by atoms with van der Waals surface area (Å²) in [5.41, 5.74) is 1.14. The highest BCUT2D eigenvalue weighted by Gasteiger charge is 2.32. The summed E-state index contributed by atoms with van der Waals surface area (Å²) in [6, 6.07) is 8.09. The van der Waals surface area contributed by atoms with Gasteiger partial charge in [-0.1, -0.05) is 45.5 Å². The number of aromatic nitrogens is 1. The number of hydrogen-bond acceptors (Lipinski definition) is 5. The Kier molecular flexibility index (Phi) is 4.09. The number of ether oxygens (including phenoxy) is 1. The van der Waals surface area contributed by atoms with Crippen molar-refractivity contribution in [1.29, 1.82) is 0 Å². The molecule has 1 aromatic heterocycles. The molecule has 1 N–H and O–H groups in total. The molecule has 120 valence electrons. The third-order valence-corrected chi connectivity index (χ3v) is 6.12. The summed E-state index contributed by atoms with van der Waals surface area (Å²) < 4.78 is 6.44. The number of thiazole rings is 1. The number of carbonyl (C=O) groups is 1. The average Bonchev–Trinajstić information content (AvgIpc) is 2.99.